The Bertz CT molecular complexity index is 1410. The van der Waals surface area contributed by atoms with E-state index in [1.165, 1.54) is 7.11 Å². The Hall–Kier alpha value is -3.33. The van der Waals surface area contributed by atoms with E-state index in [-0.39, 0.29) is 11.9 Å². The summed E-state index contributed by atoms with van der Waals surface area (Å²) >= 11 is 0. The lowest BCUT2D eigenvalue weighted by Gasteiger charge is -2.52. The summed E-state index contributed by atoms with van der Waals surface area (Å²) in [6.07, 6.45) is 3.93. The molecular formula is C24H26N4O4S. The molecule has 2 aromatic carbocycles. The number of benzene rings is 2. The Balaban J connectivity index is 1.57. The van der Waals surface area contributed by atoms with Crippen molar-refractivity contribution in [3.05, 3.63) is 65.5 Å². The van der Waals surface area contributed by atoms with Gasteiger partial charge in [-0.25, -0.2) is 13.4 Å². The van der Waals surface area contributed by atoms with E-state index in [0.717, 1.165) is 34.0 Å². The molecule has 3 aromatic rings. The number of fused-ring (bicyclic) bond motifs is 5. The quantitative estimate of drug-likeness (QED) is 0.575. The lowest BCUT2D eigenvalue weighted by molar-refractivity contribution is 0.0620. The average molecular weight is 467 g/mol. The van der Waals surface area contributed by atoms with E-state index in [1.54, 1.807) is 18.5 Å². The average Bonchev–Trinajstić information content (AvgIpc) is 3.22. The number of imidazole rings is 1. The minimum Gasteiger partial charge on any atom is -0.495 e. The maximum Gasteiger partial charge on any atom is 0.254 e. The molecule has 33 heavy (non-hydrogen) atoms. The number of methoxy groups -OCH3 is 1. The molecule has 9 heteroatoms. The van der Waals surface area contributed by atoms with Gasteiger partial charge in [0.1, 0.15) is 5.75 Å². The van der Waals surface area contributed by atoms with Crippen LogP contribution in [0.1, 0.15) is 34.8 Å². The Morgan fingerprint density at radius 2 is 2.12 bits per heavy atom. The molecule has 1 aliphatic carbocycles. The first kappa shape index (κ1) is 21.5. The van der Waals surface area contributed by atoms with Gasteiger partial charge in [-0.05, 0) is 53.8 Å². The highest BCUT2D eigenvalue weighted by Gasteiger charge is 2.49. The highest BCUT2D eigenvalue weighted by atomic mass is 32.2. The van der Waals surface area contributed by atoms with Crippen LogP contribution in [0.5, 0.6) is 5.75 Å². The molecule has 0 radical (unpaired) electrons. The van der Waals surface area contributed by atoms with Gasteiger partial charge in [-0.2, -0.15) is 0 Å². The molecule has 0 spiro atoms. The van der Waals surface area contributed by atoms with Crippen LogP contribution < -0.4 is 9.46 Å². The predicted molar refractivity (Wildman–Crippen MR) is 127 cm³/mol. The number of nitrogens with one attached hydrogen (secondary N) is 2. The third-order valence-electron chi connectivity index (χ3n) is 6.99. The predicted octanol–water partition coefficient (Wildman–Crippen LogP) is 3.23. The van der Waals surface area contributed by atoms with Crippen molar-refractivity contribution in [1.29, 1.82) is 0 Å². The summed E-state index contributed by atoms with van der Waals surface area (Å²) in [7, 11) is -2.00. The number of aromatic nitrogens is 2. The maximum atomic E-state index is 13.5. The Morgan fingerprint density at radius 3 is 2.85 bits per heavy atom. The zero-order valence-electron chi connectivity index (χ0n) is 18.8. The fourth-order valence-electron chi connectivity index (χ4n) is 5.30. The molecule has 2 atom stereocenters. The summed E-state index contributed by atoms with van der Waals surface area (Å²) in [5.74, 6) is 0.421. The Morgan fingerprint density at radius 1 is 1.33 bits per heavy atom. The number of anilines is 1. The topological polar surface area (TPSA) is 104 Å². The second-order valence-electron chi connectivity index (χ2n) is 9.01. The minimum absolute atomic E-state index is 0.0499. The summed E-state index contributed by atoms with van der Waals surface area (Å²) in [5.41, 5.74) is 4.98. The molecule has 1 aliphatic heterocycles. The lowest BCUT2D eigenvalue weighted by atomic mass is 9.61. The Labute approximate surface area is 192 Å². The van der Waals surface area contributed by atoms with E-state index in [0.29, 0.717) is 36.4 Å². The molecule has 2 aliphatic rings. The highest BCUT2D eigenvalue weighted by molar-refractivity contribution is 7.92. The van der Waals surface area contributed by atoms with Crippen molar-refractivity contribution in [2.75, 3.05) is 24.6 Å². The van der Waals surface area contributed by atoms with E-state index >= 15 is 0 Å². The van der Waals surface area contributed by atoms with Crippen molar-refractivity contribution < 1.29 is 17.9 Å². The van der Waals surface area contributed by atoms with Gasteiger partial charge in [0.05, 0.1) is 42.5 Å². The number of ether oxygens (including phenoxy) is 1. The first-order valence-corrected chi connectivity index (χ1v) is 12.6. The molecule has 8 nitrogen and oxygen atoms in total. The van der Waals surface area contributed by atoms with E-state index in [9.17, 15) is 13.2 Å². The molecule has 1 saturated heterocycles. The number of aromatic amines is 1. The molecule has 2 N–H and O–H groups in total. The normalized spacial score (nSPS) is 22.2. The third kappa shape index (κ3) is 3.38. The monoisotopic (exact) mass is 466 g/mol. The molecule has 172 valence electrons. The fourth-order valence-corrected chi connectivity index (χ4v) is 5.88. The number of hydrogen-bond donors (Lipinski definition) is 2. The lowest BCUT2D eigenvalue weighted by Crippen LogP contribution is -2.55. The zero-order valence-corrected chi connectivity index (χ0v) is 19.6. The molecule has 1 amide bonds. The van der Waals surface area contributed by atoms with Crippen LogP contribution in [0.15, 0.2) is 48.8 Å². The molecule has 0 saturated carbocycles. The van der Waals surface area contributed by atoms with Crippen LogP contribution >= 0.6 is 0 Å². The van der Waals surface area contributed by atoms with Crippen molar-refractivity contribution in [1.82, 2.24) is 14.9 Å². The van der Waals surface area contributed by atoms with Gasteiger partial charge < -0.3 is 14.6 Å². The van der Waals surface area contributed by atoms with Gasteiger partial charge in [-0.3, -0.25) is 9.52 Å². The smallest absolute Gasteiger partial charge is 0.254 e. The molecule has 1 fully saturated rings. The summed E-state index contributed by atoms with van der Waals surface area (Å²) in [4.78, 5) is 22.7. The van der Waals surface area contributed by atoms with Crippen molar-refractivity contribution >= 4 is 32.7 Å². The highest BCUT2D eigenvalue weighted by Crippen LogP contribution is 2.52. The maximum absolute atomic E-state index is 13.5. The number of rotatable bonds is 4. The minimum atomic E-state index is -3.52. The van der Waals surface area contributed by atoms with Gasteiger partial charge in [0.2, 0.25) is 10.0 Å². The number of likely N-dealkylation sites (tertiary alicyclic amines) is 1. The van der Waals surface area contributed by atoms with Crippen molar-refractivity contribution in [3.8, 4) is 5.75 Å². The fraction of sp³-hybridized carbons (Fsp3) is 0.333. The number of H-pyrrole nitrogens is 1. The van der Waals surface area contributed by atoms with Crippen LogP contribution in [0.4, 0.5) is 5.69 Å². The number of hydrogen-bond acceptors (Lipinski definition) is 5. The number of carbonyl (C=O) groups is 1. The summed E-state index contributed by atoms with van der Waals surface area (Å²) < 4.78 is 32.4. The summed E-state index contributed by atoms with van der Waals surface area (Å²) in [5, 5.41) is 0. The van der Waals surface area contributed by atoms with Crippen molar-refractivity contribution in [2.45, 2.75) is 31.2 Å². The number of nitrogens with zero attached hydrogens (tertiary/aromatic N) is 2. The Kier molecular flexibility index (Phi) is 4.79. The second kappa shape index (κ2) is 7.34. The summed E-state index contributed by atoms with van der Waals surface area (Å²) in [6, 6.07) is 9.03. The SMILES string of the molecule is C=C1[C@H]2Cc3ccc(OC)c(NS(C)(=O)=O)c3[C@]1(C)CCN2C(=O)c1ccc2nc[nH]c2c1. The number of sulfonamides is 1. The first-order valence-electron chi connectivity index (χ1n) is 10.7. The van der Waals surface area contributed by atoms with Crippen LogP contribution in [0.3, 0.4) is 0 Å². The molecule has 2 bridgehead atoms. The van der Waals surface area contributed by atoms with Crippen molar-refractivity contribution in [3.63, 3.8) is 0 Å². The van der Waals surface area contributed by atoms with Crippen LogP contribution in [0, 0.1) is 0 Å². The summed E-state index contributed by atoms with van der Waals surface area (Å²) in [6.45, 7) is 7.01. The molecule has 1 aromatic heterocycles. The van der Waals surface area contributed by atoms with Gasteiger partial charge in [0.25, 0.3) is 5.91 Å². The van der Waals surface area contributed by atoms with Crippen molar-refractivity contribution in [2.24, 2.45) is 0 Å². The van der Waals surface area contributed by atoms with E-state index in [2.05, 4.69) is 28.2 Å². The zero-order chi connectivity index (χ0) is 23.5. The van der Waals surface area contributed by atoms with E-state index in [1.807, 2.05) is 23.1 Å². The molecular weight excluding hydrogens is 440 g/mol. The largest absolute Gasteiger partial charge is 0.495 e. The first-order chi connectivity index (χ1) is 15.6. The van der Waals surface area contributed by atoms with Gasteiger partial charge in [0.15, 0.2) is 0 Å². The molecule has 2 heterocycles. The van der Waals surface area contributed by atoms with Gasteiger partial charge in [0, 0.05) is 17.5 Å². The number of piperidine rings is 1. The van der Waals surface area contributed by atoms with E-state index < -0.39 is 15.4 Å². The van der Waals surface area contributed by atoms with Gasteiger partial charge in [-0.1, -0.05) is 19.6 Å². The van der Waals surface area contributed by atoms with Crippen LogP contribution in [0.2, 0.25) is 0 Å². The molecule has 0 unspecified atom stereocenters. The third-order valence-corrected chi connectivity index (χ3v) is 7.57. The van der Waals surface area contributed by atoms with Crippen LogP contribution in [-0.2, 0) is 21.9 Å². The van der Waals surface area contributed by atoms with Crippen LogP contribution in [0.25, 0.3) is 11.0 Å². The second-order valence-corrected chi connectivity index (χ2v) is 10.8. The van der Waals surface area contributed by atoms with Gasteiger partial charge in [-0.15, -0.1) is 0 Å². The van der Waals surface area contributed by atoms with E-state index in [4.69, 9.17) is 4.74 Å². The van der Waals surface area contributed by atoms with Crippen LogP contribution in [-0.4, -0.2) is 55.1 Å². The number of amides is 1. The number of carbonyl (C=O) groups excluding carboxylic acids is 1. The molecule has 5 rings (SSSR count). The van der Waals surface area contributed by atoms with Gasteiger partial charge >= 0.3 is 0 Å². The standard InChI is InChI=1S/C24H26N4O4S/c1-14-19-12-15-6-8-20(32-3)22(27-33(4,30)31)21(15)24(14,2)9-10-28(19)23(29)16-5-7-17-18(11-16)26-13-25-17/h5-8,11,13,19,27H,1,9-10,12H2,2-4H3,(H,25,26)/t19-,24-/m1/s1.